The van der Waals surface area contributed by atoms with Crippen LogP contribution in [-0.2, 0) is 4.74 Å². The van der Waals surface area contributed by atoms with Gasteiger partial charge < -0.3 is 26.0 Å². The normalized spacial score (nSPS) is 14.0. The number of aliphatic hydroxyl groups excluding tert-OH is 2. The second-order valence-corrected chi connectivity index (χ2v) is 6.62. The van der Waals surface area contributed by atoms with Crippen molar-refractivity contribution in [2.45, 2.75) is 45.0 Å². The molecule has 5 N–H and O–H groups in total. The SMILES string of the molecule is CC(C)(C)OC(=O)NCCC(O)C(O)c1ccccc1C(N)=S. The Kier molecular flexibility index (Phi) is 6.93. The summed E-state index contributed by atoms with van der Waals surface area (Å²) in [5.74, 6) is 0. The van der Waals surface area contributed by atoms with Gasteiger partial charge in [-0.15, -0.1) is 0 Å². The monoisotopic (exact) mass is 340 g/mol. The van der Waals surface area contributed by atoms with Crippen LogP contribution in [0.5, 0.6) is 0 Å². The Morgan fingerprint density at radius 1 is 1.35 bits per heavy atom. The first kappa shape index (κ1) is 19.3. The molecular weight excluding hydrogens is 316 g/mol. The van der Waals surface area contributed by atoms with Crippen LogP contribution in [0.1, 0.15) is 44.4 Å². The maximum Gasteiger partial charge on any atom is 0.407 e. The number of benzene rings is 1. The van der Waals surface area contributed by atoms with Crippen molar-refractivity contribution in [1.29, 1.82) is 0 Å². The van der Waals surface area contributed by atoms with E-state index >= 15 is 0 Å². The first-order chi connectivity index (χ1) is 10.6. The topological polar surface area (TPSA) is 105 Å². The second kappa shape index (κ2) is 8.24. The summed E-state index contributed by atoms with van der Waals surface area (Å²) in [5.41, 5.74) is 6.02. The van der Waals surface area contributed by atoms with Gasteiger partial charge in [0.15, 0.2) is 0 Å². The van der Waals surface area contributed by atoms with Gasteiger partial charge in [0.25, 0.3) is 0 Å². The lowest BCUT2D eigenvalue weighted by Crippen LogP contribution is -2.34. The Bertz CT molecular complexity index is 557. The summed E-state index contributed by atoms with van der Waals surface area (Å²) in [6, 6.07) is 6.82. The van der Waals surface area contributed by atoms with E-state index in [1.54, 1.807) is 45.0 Å². The molecule has 2 unspecified atom stereocenters. The van der Waals surface area contributed by atoms with Crippen LogP contribution in [-0.4, -0.2) is 39.5 Å². The van der Waals surface area contributed by atoms with Crippen LogP contribution in [0, 0.1) is 0 Å². The van der Waals surface area contributed by atoms with Crippen molar-refractivity contribution in [3.63, 3.8) is 0 Å². The molecule has 1 aromatic rings. The van der Waals surface area contributed by atoms with Gasteiger partial charge in [-0.2, -0.15) is 0 Å². The fourth-order valence-corrected chi connectivity index (χ4v) is 2.17. The molecule has 1 amide bonds. The van der Waals surface area contributed by atoms with Crippen LogP contribution in [0.25, 0.3) is 0 Å². The smallest absolute Gasteiger partial charge is 0.407 e. The van der Waals surface area contributed by atoms with E-state index in [2.05, 4.69) is 5.32 Å². The van der Waals surface area contributed by atoms with Gasteiger partial charge >= 0.3 is 6.09 Å². The zero-order valence-electron chi connectivity index (χ0n) is 13.6. The highest BCUT2D eigenvalue weighted by Gasteiger charge is 2.22. The van der Waals surface area contributed by atoms with E-state index in [-0.39, 0.29) is 18.0 Å². The Balaban J connectivity index is 2.57. The zero-order chi connectivity index (χ0) is 17.6. The Hall–Kier alpha value is -1.70. The summed E-state index contributed by atoms with van der Waals surface area (Å²) in [6.45, 7) is 5.45. The Morgan fingerprint density at radius 2 is 1.96 bits per heavy atom. The third-order valence-corrected chi connectivity index (χ3v) is 3.24. The predicted octanol–water partition coefficient (Wildman–Crippen LogP) is 1.63. The highest BCUT2D eigenvalue weighted by atomic mass is 32.1. The third-order valence-electron chi connectivity index (χ3n) is 3.02. The number of ether oxygens (including phenoxy) is 1. The molecule has 0 saturated carbocycles. The van der Waals surface area contributed by atoms with E-state index in [0.717, 1.165) is 0 Å². The summed E-state index contributed by atoms with van der Waals surface area (Å²) in [4.78, 5) is 11.7. The molecule has 0 radical (unpaired) electrons. The van der Waals surface area contributed by atoms with Crippen LogP contribution < -0.4 is 11.1 Å². The average Bonchev–Trinajstić information content (AvgIpc) is 2.44. The van der Waals surface area contributed by atoms with Gasteiger partial charge in [-0.1, -0.05) is 36.5 Å². The van der Waals surface area contributed by atoms with E-state index in [1.807, 2.05) is 0 Å². The van der Waals surface area contributed by atoms with Gasteiger partial charge in [-0.25, -0.2) is 4.79 Å². The number of hydrogen-bond donors (Lipinski definition) is 4. The van der Waals surface area contributed by atoms with Crippen LogP contribution in [0.2, 0.25) is 0 Å². The minimum Gasteiger partial charge on any atom is -0.444 e. The van der Waals surface area contributed by atoms with E-state index < -0.39 is 23.9 Å². The third kappa shape index (κ3) is 6.52. The number of nitrogens with one attached hydrogen (secondary N) is 1. The summed E-state index contributed by atoms with van der Waals surface area (Å²) in [5, 5.41) is 22.9. The standard InChI is InChI=1S/C16H24N2O4S/c1-16(2,3)22-15(21)18-9-8-12(19)13(20)10-6-4-5-7-11(10)14(17)23/h4-7,12-13,19-20H,8-9H2,1-3H3,(H2,17,23)(H,18,21). The summed E-state index contributed by atoms with van der Waals surface area (Å²) < 4.78 is 5.09. The first-order valence-corrected chi connectivity index (χ1v) is 7.74. The van der Waals surface area contributed by atoms with Crippen molar-refractivity contribution in [1.82, 2.24) is 5.32 Å². The molecule has 7 heteroatoms. The molecular formula is C16H24N2O4S. The lowest BCUT2D eigenvalue weighted by Gasteiger charge is -2.22. The number of nitrogens with two attached hydrogens (primary N) is 1. The molecule has 0 heterocycles. The number of amides is 1. The second-order valence-electron chi connectivity index (χ2n) is 6.18. The van der Waals surface area contributed by atoms with Gasteiger partial charge in [0.05, 0.1) is 6.10 Å². The molecule has 0 aliphatic rings. The maximum atomic E-state index is 11.5. The number of rotatable bonds is 6. The van der Waals surface area contributed by atoms with Crippen LogP contribution in [0.15, 0.2) is 24.3 Å². The highest BCUT2D eigenvalue weighted by Crippen LogP contribution is 2.22. The zero-order valence-corrected chi connectivity index (χ0v) is 14.4. The minimum atomic E-state index is -1.15. The number of hydrogen-bond acceptors (Lipinski definition) is 5. The molecule has 0 spiro atoms. The summed E-state index contributed by atoms with van der Waals surface area (Å²) in [7, 11) is 0. The van der Waals surface area contributed by atoms with Crippen molar-refractivity contribution < 1.29 is 19.7 Å². The fraction of sp³-hybridized carbons (Fsp3) is 0.500. The van der Waals surface area contributed by atoms with Crippen molar-refractivity contribution in [3.05, 3.63) is 35.4 Å². The molecule has 1 aromatic carbocycles. The summed E-state index contributed by atoms with van der Waals surface area (Å²) in [6.07, 6.45) is -2.62. The lowest BCUT2D eigenvalue weighted by molar-refractivity contribution is 0.0122. The van der Waals surface area contributed by atoms with Crippen molar-refractivity contribution >= 4 is 23.3 Å². The number of thiocarbonyl (C=S) groups is 1. The van der Waals surface area contributed by atoms with Gasteiger partial charge in [0.1, 0.15) is 16.7 Å². The average molecular weight is 340 g/mol. The molecule has 0 aliphatic carbocycles. The molecule has 0 aliphatic heterocycles. The lowest BCUT2D eigenvalue weighted by atomic mass is 9.97. The van der Waals surface area contributed by atoms with Gasteiger partial charge in [0, 0.05) is 12.1 Å². The number of aliphatic hydroxyl groups is 2. The van der Waals surface area contributed by atoms with Crippen molar-refractivity contribution in [3.8, 4) is 0 Å². The number of alkyl carbamates (subject to hydrolysis) is 1. The Morgan fingerprint density at radius 3 is 2.52 bits per heavy atom. The van der Waals surface area contributed by atoms with Gasteiger partial charge in [-0.05, 0) is 32.8 Å². The van der Waals surface area contributed by atoms with Crippen LogP contribution >= 0.6 is 12.2 Å². The molecule has 0 saturated heterocycles. The number of carbonyl (C=O) groups excluding carboxylic acids is 1. The van der Waals surface area contributed by atoms with Crippen molar-refractivity contribution in [2.75, 3.05) is 6.54 Å². The first-order valence-electron chi connectivity index (χ1n) is 7.33. The molecule has 0 aromatic heterocycles. The molecule has 23 heavy (non-hydrogen) atoms. The van der Waals surface area contributed by atoms with E-state index in [1.165, 1.54) is 0 Å². The minimum absolute atomic E-state index is 0.152. The predicted molar refractivity (Wildman–Crippen MR) is 92.1 cm³/mol. The van der Waals surface area contributed by atoms with Crippen LogP contribution in [0.3, 0.4) is 0 Å². The van der Waals surface area contributed by atoms with Gasteiger partial charge in [-0.3, -0.25) is 0 Å². The molecule has 128 valence electrons. The molecule has 0 fully saturated rings. The van der Waals surface area contributed by atoms with Crippen LogP contribution in [0.4, 0.5) is 4.79 Å². The Labute approximate surface area is 141 Å². The number of carbonyl (C=O) groups is 1. The summed E-state index contributed by atoms with van der Waals surface area (Å²) >= 11 is 4.94. The molecule has 0 bridgehead atoms. The molecule has 6 nitrogen and oxygen atoms in total. The fourth-order valence-electron chi connectivity index (χ4n) is 1.98. The van der Waals surface area contributed by atoms with Gasteiger partial charge in [0.2, 0.25) is 0 Å². The molecule has 1 rings (SSSR count). The maximum absolute atomic E-state index is 11.5. The largest absolute Gasteiger partial charge is 0.444 e. The van der Waals surface area contributed by atoms with E-state index in [9.17, 15) is 15.0 Å². The van der Waals surface area contributed by atoms with E-state index in [0.29, 0.717) is 11.1 Å². The highest BCUT2D eigenvalue weighted by molar-refractivity contribution is 7.80. The van der Waals surface area contributed by atoms with E-state index in [4.69, 9.17) is 22.7 Å². The quantitative estimate of drug-likeness (QED) is 0.587. The molecule has 2 atom stereocenters. The van der Waals surface area contributed by atoms with Crippen molar-refractivity contribution in [2.24, 2.45) is 5.73 Å².